The van der Waals surface area contributed by atoms with Gasteiger partial charge in [0.25, 0.3) is 0 Å². The number of hydrogen-bond donors (Lipinski definition) is 0. The smallest absolute Gasteiger partial charge is 0.302 e. The van der Waals surface area contributed by atoms with Gasteiger partial charge in [0, 0.05) is 24.5 Å². The van der Waals surface area contributed by atoms with Crippen molar-refractivity contribution in [3.05, 3.63) is 51.9 Å². The molecule has 0 aliphatic rings. The Morgan fingerprint density at radius 2 is 2.07 bits per heavy atom. The second-order valence-electron chi connectivity index (χ2n) is 3.16. The van der Waals surface area contributed by atoms with Gasteiger partial charge in [-0.25, -0.2) is 9.18 Å². The summed E-state index contributed by atoms with van der Waals surface area (Å²) in [5.41, 5.74) is -0.0961. The SMILES string of the molecule is Cn1ccn(-c2ccc(Cl)cc2F)c1=O. The van der Waals surface area contributed by atoms with Crippen molar-refractivity contribution >= 4 is 11.6 Å². The molecule has 0 unspecified atom stereocenters. The minimum Gasteiger partial charge on any atom is -0.302 e. The topological polar surface area (TPSA) is 26.9 Å². The Labute approximate surface area is 90.3 Å². The average Bonchev–Trinajstić information content (AvgIpc) is 2.49. The number of nitrogens with zero attached hydrogens (tertiary/aromatic N) is 2. The van der Waals surface area contributed by atoms with Crippen LogP contribution < -0.4 is 5.69 Å². The molecule has 0 bridgehead atoms. The van der Waals surface area contributed by atoms with Gasteiger partial charge >= 0.3 is 5.69 Å². The van der Waals surface area contributed by atoms with Crippen molar-refractivity contribution in [1.82, 2.24) is 9.13 Å². The van der Waals surface area contributed by atoms with E-state index in [4.69, 9.17) is 11.6 Å². The number of aryl methyl sites for hydroxylation is 1. The van der Waals surface area contributed by atoms with Crippen molar-refractivity contribution in [3.8, 4) is 5.69 Å². The Morgan fingerprint density at radius 3 is 2.60 bits per heavy atom. The molecule has 15 heavy (non-hydrogen) atoms. The lowest BCUT2D eigenvalue weighted by Crippen LogP contribution is -2.21. The standard InChI is InChI=1S/C10H8ClFN2O/c1-13-4-5-14(10(13)15)9-3-2-7(11)6-8(9)12/h2-6H,1H3. The maximum absolute atomic E-state index is 13.5. The van der Waals surface area contributed by atoms with Gasteiger partial charge in [-0.2, -0.15) is 0 Å². The van der Waals surface area contributed by atoms with Gasteiger partial charge in [-0.05, 0) is 18.2 Å². The Kier molecular flexibility index (Phi) is 2.36. The van der Waals surface area contributed by atoms with Crippen molar-refractivity contribution in [2.45, 2.75) is 0 Å². The van der Waals surface area contributed by atoms with E-state index in [-0.39, 0.29) is 11.4 Å². The summed E-state index contributed by atoms with van der Waals surface area (Å²) in [4.78, 5) is 11.5. The molecule has 0 N–H and O–H groups in total. The predicted molar refractivity (Wildman–Crippen MR) is 56.0 cm³/mol. The summed E-state index contributed by atoms with van der Waals surface area (Å²) in [5.74, 6) is -0.518. The van der Waals surface area contributed by atoms with Gasteiger partial charge in [0.2, 0.25) is 0 Å². The molecule has 0 spiro atoms. The van der Waals surface area contributed by atoms with E-state index < -0.39 is 5.82 Å². The zero-order valence-electron chi connectivity index (χ0n) is 7.95. The number of hydrogen-bond acceptors (Lipinski definition) is 1. The summed E-state index contributed by atoms with van der Waals surface area (Å²) in [6.45, 7) is 0. The zero-order valence-corrected chi connectivity index (χ0v) is 8.70. The van der Waals surface area contributed by atoms with E-state index in [9.17, 15) is 9.18 Å². The summed E-state index contributed by atoms with van der Waals surface area (Å²) in [5, 5.41) is 0.306. The Hall–Kier alpha value is -1.55. The van der Waals surface area contributed by atoms with E-state index in [1.54, 1.807) is 19.3 Å². The molecule has 1 aromatic carbocycles. The number of imidazole rings is 1. The summed E-state index contributed by atoms with van der Waals surface area (Å²) in [6.07, 6.45) is 3.07. The van der Waals surface area contributed by atoms with Gasteiger partial charge in [-0.15, -0.1) is 0 Å². The highest BCUT2D eigenvalue weighted by atomic mass is 35.5. The molecule has 1 aromatic heterocycles. The molecule has 0 radical (unpaired) electrons. The predicted octanol–water partition coefficient (Wildman–Crippen LogP) is 1.97. The van der Waals surface area contributed by atoms with Crippen LogP contribution in [-0.4, -0.2) is 9.13 Å². The molecule has 0 saturated carbocycles. The van der Waals surface area contributed by atoms with Crippen LogP contribution in [-0.2, 0) is 7.05 Å². The first-order chi connectivity index (χ1) is 7.09. The van der Waals surface area contributed by atoms with Crippen LogP contribution in [0.2, 0.25) is 5.02 Å². The third-order valence-corrected chi connectivity index (χ3v) is 2.35. The second-order valence-corrected chi connectivity index (χ2v) is 3.59. The number of aromatic nitrogens is 2. The molecule has 5 heteroatoms. The first-order valence-electron chi connectivity index (χ1n) is 4.29. The number of rotatable bonds is 1. The lowest BCUT2D eigenvalue weighted by Gasteiger charge is -2.02. The van der Waals surface area contributed by atoms with E-state index in [1.165, 1.54) is 27.5 Å². The largest absolute Gasteiger partial charge is 0.332 e. The summed E-state index contributed by atoms with van der Waals surface area (Å²) in [7, 11) is 1.60. The quantitative estimate of drug-likeness (QED) is 0.730. The van der Waals surface area contributed by atoms with Crippen LogP contribution in [0.4, 0.5) is 4.39 Å². The van der Waals surface area contributed by atoms with Crippen molar-refractivity contribution in [2.24, 2.45) is 7.05 Å². The first kappa shape index (κ1) is 9.98. The van der Waals surface area contributed by atoms with Crippen LogP contribution in [0.3, 0.4) is 0 Å². The fourth-order valence-electron chi connectivity index (χ4n) is 1.32. The van der Waals surface area contributed by atoms with Crippen molar-refractivity contribution in [2.75, 3.05) is 0 Å². The van der Waals surface area contributed by atoms with E-state index in [2.05, 4.69) is 0 Å². The maximum atomic E-state index is 13.5. The lowest BCUT2D eigenvalue weighted by atomic mass is 10.3. The van der Waals surface area contributed by atoms with E-state index in [0.717, 1.165) is 0 Å². The number of halogens is 2. The highest BCUT2D eigenvalue weighted by molar-refractivity contribution is 6.30. The zero-order chi connectivity index (χ0) is 11.0. The molecule has 2 aromatic rings. The van der Waals surface area contributed by atoms with Crippen molar-refractivity contribution in [3.63, 3.8) is 0 Å². The highest BCUT2D eigenvalue weighted by Gasteiger charge is 2.08. The molecule has 0 saturated heterocycles. The van der Waals surface area contributed by atoms with Gasteiger partial charge < -0.3 is 4.57 Å². The van der Waals surface area contributed by atoms with Gasteiger partial charge in [0.15, 0.2) is 0 Å². The van der Waals surface area contributed by atoms with Crippen molar-refractivity contribution in [1.29, 1.82) is 0 Å². The summed E-state index contributed by atoms with van der Waals surface area (Å²) >= 11 is 5.62. The highest BCUT2D eigenvalue weighted by Crippen LogP contribution is 2.16. The van der Waals surface area contributed by atoms with E-state index in [1.807, 2.05) is 0 Å². The fraction of sp³-hybridized carbons (Fsp3) is 0.100. The molecule has 0 amide bonds. The summed E-state index contributed by atoms with van der Waals surface area (Å²) < 4.78 is 16.1. The molecule has 0 aliphatic heterocycles. The van der Waals surface area contributed by atoms with Gasteiger partial charge in [0.05, 0.1) is 5.69 Å². The fourth-order valence-corrected chi connectivity index (χ4v) is 1.48. The third kappa shape index (κ3) is 1.68. The normalized spacial score (nSPS) is 10.6. The molecule has 3 nitrogen and oxygen atoms in total. The third-order valence-electron chi connectivity index (χ3n) is 2.12. The Morgan fingerprint density at radius 1 is 1.33 bits per heavy atom. The van der Waals surface area contributed by atoms with Crippen LogP contribution in [0.25, 0.3) is 5.69 Å². The molecule has 0 fully saturated rings. The maximum Gasteiger partial charge on any atom is 0.332 e. The second kappa shape index (κ2) is 3.55. The molecule has 2 rings (SSSR count). The minimum atomic E-state index is -0.518. The summed E-state index contributed by atoms with van der Waals surface area (Å²) in [6, 6.07) is 4.19. The van der Waals surface area contributed by atoms with Crippen LogP contribution >= 0.6 is 11.6 Å². The molecule has 78 valence electrons. The molecule has 0 atom stereocenters. The molecular formula is C10H8ClFN2O. The Bertz CT molecular complexity index is 559. The van der Waals surface area contributed by atoms with Crippen LogP contribution in [0, 0.1) is 5.82 Å². The van der Waals surface area contributed by atoms with E-state index in [0.29, 0.717) is 5.02 Å². The monoisotopic (exact) mass is 226 g/mol. The number of benzene rings is 1. The van der Waals surface area contributed by atoms with Gasteiger partial charge in [0.1, 0.15) is 5.82 Å². The molecule has 1 heterocycles. The van der Waals surface area contributed by atoms with Gasteiger partial charge in [-0.3, -0.25) is 4.57 Å². The van der Waals surface area contributed by atoms with E-state index >= 15 is 0 Å². The lowest BCUT2D eigenvalue weighted by molar-refractivity contribution is 0.615. The Balaban J connectivity index is 2.64. The molecular weight excluding hydrogens is 219 g/mol. The minimum absolute atomic E-state index is 0.199. The van der Waals surface area contributed by atoms with Crippen LogP contribution in [0.1, 0.15) is 0 Å². The first-order valence-corrected chi connectivity index (χ1v) is 4.67. The molecule has 0 aliphatic carbocycles. The van der Waals surface area contributed by atoms with Gasteiger partial charge in [-0.1, -0.05) is 11.6 Å². The average molecular weight is 227 g/mol. The van der Waals surface area contributed by atoms with Crippen LogP contribution in [0.5, 0.6) is 0 Å². The van der Waals surface area contributed by atoms with Crippen LogP contribution in [0.15, 0.2) is 35.4 Å². The van der Waals surface area contributed by atoms with Crippen molar-refractivity contribution < 1.29 is 4.39 Å².